The predicted octanol–water partition coefficient (Wildman–Crippen LogP) is -7.67. The Bertz CT molecular complexity index is 2300. The van der Waals surface area contributed by atoms with Gasteiger partial charge in [0.25, 0.3) is 0 Å². The third-order valence-electron chi connectivity index (χ3n) is 11.6. The van der Waals surface area contributed by atoms with Crippen molar-refractivity contribution in [2.24, 2.45) is 40.7 Å². The average molecular weight is 1150 g/mol. The van der Waals surface area contributed by atoms with E-state index in [1.54, 1.807) is 20.8 Å². The summed E-state index contributed by atoms with van der Waals surface area (Å²) >= 11 is 0. The summed E-state index contributed by atoms with van der Waals surface area (Å²) in [6.45, 7) is 8.01. The zero-order chi connectivity index (χ0) is 61.9. The number of aliphatic hydroxyl groups excluding tert-OH is 1. The molecular formula is C46H75N13O21. The van der Waals surface area contributed by atoms with Gasteiger partial charge in [0.05, 0.1) is 38.3 Å². The quantitative estimate of drug-likeness (QED) is 0.0272. The fraction of sp³-hybridized carbons (Fsp3) is 0.652. The minimum Gasteiger partial charge on any atom is -0.481 e. The van der Waals surface area contributed by atoms with Crippen molar-refractivity contribution in [3.8, 4) is 0 Å². The van der Waals surface area contributed by atoms with Gasteiger partial charge in [-0.25, -0.2) is 4.79 Å². The monoisotopic (exact) mass is 1150 g/mol. The first-order valence-electron chi connectivity index (χ1n) is 24.9. The topological polar surface area (TPSA) is 587 Å². The van der Waals surface area contributed by atoms with E-state index in [-0.39, 0.29) is 12.8 Å². The lowest BCUT2D eigenvalue weighted by atomic mass is 9.96. The SMILES string of the molecule is CC[C@H](C)[C@H](NC(=O)[C@H](CO)NC(=O)[C@H](CC(N)=O)NC(=O)[C@H](CC(C)C)NC(=O)[C@H](CCC(=O)O)NC(=O)[C@@H](N)CC(=O)O)C(=O)N[C@H](C(=O)N[C@@H](CCC(=O)O)C(=O)N[C@@H](CC(N)=O)C(=O)N[C@@H](CC(N)=O)C(=O)O)C(C)C. The molecule has 450 valence electrons. The molecule has 0 aromatic heterocycles. The molecule has 0 aliphatic carbocycles. The number of nitrogens with one attached hydrogen (secondary N) is 9. The van der Waals surface area contributed by atoms with Gasteiger partial charge in [0.2, 0.25) is 70.9 Å². The van der Waals surface area contributed by atoms with Gasteiger partial charge in [-0.3, -0.25) is 71.9 Å². The fourth-order valence-electron chi connectivity index (χ4n) is 7.11. The highest BCUT2D eigenvalue weighted by Crippen LogP contribution is 2.13. The molecule has 0 rings (SSSR count). The molecule has 12 amide bonds. The number of aliphatic hydroxyl groups is 1. The number of amides is 12. The van der Waals surface area contributed by atoms with Crippen LogP contribution in [0.1, 0.15) is 106 Å². The van der Waals surface area contributed by atoms with Gasteiger partial charge in [-0.2, -0.15) is 0 Å². The standard InChI is InChI=1S/C46H75N13O21/c1-7-20(6)36(45(78)58-35(19(4)5)44(77)52-23(9-11-33(66)67)39(72)54-25(14-29(48)61)41(74)56-27(46(79)80)16-31(50)63)59-43(76)28(17-60)57-42(75)26(15-30(49)62)55-40(73)24(12-18(2)3)53-38(71)22(8-10-32(64)65)51-37(70)21(47)13-34(68)69/h18-28,35-36,60H,7-17,47H2,1-6H3,(H2,48,61)(H2,49,62)(H2,50,63)(H,51,70)(H,52,77)(H,53,71)(H,54,72)(H,55,73)(H,56,74)(H,57,75)(H,58,78)(H,59,76)(H,64,65)(H,66,67)(H,68,69)(H,79,80)/t20-,21-,22-,23-,24-,25-,26-,27-,28-,35-,36-/m0/s1. The van der Waals surface area contributed by atoms with Crippen molar-refractivity contribution in [2.75, 3.05) is 6.61 Å². The minimum atomic E-state index is -1.94. The Morgan fingerprint density at radius 1 is 0.400 bits per heavy atom. The van der Waals surface area contributed by atoms with E-state index in [0.717, 1.165) is 0 Å². The third-order valence-corrected chi connectivity index (χ3v) is 11.6. The van der Waals surface area contributed by atoms with Crippen LogP contribution in [0.5, 0.6) is 0 Å². The summed E-state index contributed by atoms with van der Waals surface area (Å²) in [6.07, 6.45) is -6.38. The van der Waals surface area contributed by atoms with Gasteiger partial charge in [-0.05, 0) is 37.0 Å². The number of carbonyl (C=O) groups excluding carboxylic acids is 12. The second-order valence-corrected chi connectivity index (χ2v) is 19.3. The Balaban J connectivity index is 6.66. The first-order valence-corrected chi connectivity index (χ1v) is 24.9. The van der Waals surface area contributed by atoms with E-state index in [1.165, 1.54) is 20.8 Å². The lowest BCUT2D eigenvalue weighted by Gasteiger charge is -2.30. The summed E-state index contributed by atoms with van der Waals surface area (Å²) in [4.78, 5) is 203. The number of carboxylic acid groups (broad SMARTS) is 4. The zero-order valence-electron chi connectivity index (χ0n) is 44.9. The largest absolute Gasteiger partial charge is 0.481 e. The van der Waals surface area contributed by atoms with Crippen LogP contribution in [0.3, 0.4) is 0 Å². The normalized spacial score (nSPS) is 15.1. The Labute approximate surface area is 457 Å². The molecule has 0 spiro atoms. The number of nitrogens with two attached hydrogens (primary N) is 4. The zero-order valence-corrected chi connectivity index (χ0v) is 44.9. The summed E-state index contributed by atoms with van der Waals surface area (Å²) in [5.41, 5.74) is 21.2. The van der Waals surface area contributed by atoms with E-state index >= 15 is 0 Å². The molecule has 34 nitrogen and oxygen atoms in total. The molecule has 0 saturated heterocycles. The van der Waals surface area contributed by atoms with E-state index in [9.17, 15) is 97.1 Å². The lowest BCUT2D eigenvalue weighted by molar-refractivity contribution is -0.144. The van der Waals surface area contributed by atoms with Crippen LogP contribution in [0.15, 0.2) is 0 Å². The number of carboxylic acids is 4. The predicted molar refractivity (Wildman–Crippen MR) is 271 cm³/mol. The smallest absolute Gasteiger partial charge is 0.326 e. The van der Waals surface area contributed by atoms with Crippen molar-refractivity contribution in [3.63, 3.8) is 0 Å². The van der Waals surface area contributed by atoms with Crippen molar-refractivity contribution in [1.82, 2.24) is 47.9 Å². The van der Waals surface area contributed by atoms with E-state index < -0.39 is 231 Å². The van der Waals surface area contributed by atoms with E-state index in [2.05, 4.69) is 42.5 Å². The van der Waals surface area contributed by atoms with Gasteiger partial charge in [0.1, 0.15) is 54.4 Å². The summed E-state index contributed by atoms with van der Waals surface area (Å²) in [5, 5.41) is 67.3. The van der Waals surface area contributed by atoms with Crippen molar-refractivity contribution in [1.29, 1.82) is 0 Å². The van der Waals surface area contributed by atoms with Crippen LogP contribution in [0.2, 0.25) is 0 Å². The molecule has 0 bridgehead atoms. The molecule has 0 fully saturated rings. The number of carbonyl (C=O) groups is 16. The second kappa shape index (κ2) is 35.1. The molecule has 0 unspecified atom stereocenters. The van der Waals surface area contributed by atoms with Crippen LogP contribution in [-0.2, 0) is 76.7 Å². The molecule has 0 aromatic rings. The fourth-order valence-corrected chi connectivity index (χ4v) is 7.11. The maximum Gasteiger partial charge on any atom is 0.326 e. The van der Waals surface area contributed by atoms with Gasteiger partial charge in [0, 0.05) is 12.8 Å². The molecule has 0 saturated carbocycles. The number of rotatable bonds is 39. The van der Waals surface area contributed by atoms with Gasteiger partial charge in [-0.15, -0.1) is 0 Å². The molecular weight excluding hydrogens is 1070 g/mol. The van der Waals surface area contributed by atoms with Crippen molar-refractivity contribution in [3.05, 3.63) is 0 Å². The summed E-state index contributed by atoms with van der Waals surface area (Å²) in [7, 11) is 0. The summed E-state index contributed by atoms with van der Waals surface area (Å²) in [5.74, 6) is -22.3. The highest BCUT2D eigenvalue weighted by molar-refractivity contribution is 6.00. The van der Waals surface area contributed by atoms with Crippen molar-refractivity contribution < 1.29 is 102 Å². The molecule has 11 atom stereocenters. The van der Waals surface area contributed by atoms with Crippen LogP contribution in [-0.4, -0.2) is 187 Å². The highest BCUT2D eigenvalue weighted by Gasteiger charge is 2.38. The molecule has 0 heterocycles. The first-order chi connectivity index (χ1) is 37.0. The highest BCUT2D eigenvalue weighted by atomic mass is 16.4. The molecule has 0 aromatic carbocycles. The number of hydrogen-bond donors (Lipinski definition) is 18. The molecule has 0 radical (unpaired) electrons. The van der Waals surface area contributed by atoms with E-state index in [0.29, 0.717) is 0 Å². The van der Waals surface area contributed by atoms with Crippen molar-refractivity contribution >= 4 is 94.8 Å². The van der Waals surface area contributed by atoms with Crippen LogP contribution in [0.25, 0.3) is 0 Å². The number of hydrogen-bond acceptors (Lipinski definition) is 18. The lowest BCUT2D eigenvalue weighted by Crippen LogP contribution is -2.62. The molecule has 34 heteroatoms. The van der Waals surface area contributed by atoms with Crippen LogP contribution in [0.4, 0.5) is 0 Å². The number of aliphatic carboxylic acids is 4. The van der Waals surface area contributed by atoms with E-state index in [1.807, 2.05) is 5.32 Å². The summed E-state index contributed by atoms with van der Waals surface area (Å²) in [6, 6.07) is -17.6. The molecule has 0 aliphatic rings. The molecule has 0 aliphatic heterocycles. The van der Waals surface area contributed by atoms with Gasteiger partial charge in [-0.1, -0.05) is 48.0 Å². The Kier molecular flexibility index (Phi) is 31.3. The van der Waals surface area contributed by atoms with Crippen LogP contribution >= 0.6 is 0 Å². The van der Waals surface area contributed by atoms with E-state index in [4.69, 9.17) is 28.0 Å². The Hall–Kier alpha value is -8.56. The Morgan fingerprint density at radius 2 is 0.738 bits per heavy atom. The third kappa shape index (κ3) is 27.2. The molecule has 80 heavy (non-hydrogen) atoms. The maximum atomic E-state index is 14.0. The van der Waals surface area contributed by atoms with Gasteiger partial charge < -0.3 is 96.3 Å². The number of primary amides is 3. The second-order valence-electron chi connectivity index (χ2n) is 19.3. The maximum absolute atomic E-state index is 14.0. The van der Waals surface area contributed by atoms with Gasteiger partial charge in [0.15, 0.2) is 0 Å². The minimum absolute atomic E-state index is 0.159. The van der Waals surface area contributed by atoms with Crippen LogP contribution in [0, 0.1) is 17.8 Å². The first kappa shape index (κ1) is 71.4. The summed E-state index contributed by atoms with van der Waals surface area (Å²) < 4.78 is 0. The van der Waals surface area contributed by atoms with Crippen LogP contribution < -0.4 is 70.8 Å². The van der Waals surface area contributed by atoms with Gasteiger partial charge >= 0.3 is 23.9 Å². The average Bonchev–Trinajstić information content (AvgIpc) is 3.33. The Morgan fingerprint density at radius 3 is 1.11 bits per heavy atom. The molecule has 22 N–H and O–H groups in total. The van der Waals surface area contributed by atoms with Crippen molar-refractivity contribution in [2.45, 2.75) is 166 Å².